The van der Waals surface area contributed by atoms with Crippen LogP contribution in [0.5, 0.6) is 11.5 Å². The summed E-state index contributed by atoms with van der Waals surface area (Å²) in [6.45, 7) is 1.78. The molecule has 0 radical (unpaired) electrons. The molecule has 1 fully saturated rings. The third-order valence-corrected chi connectivity index (χ3v) is 4.90. The van der Waals surface area contributed by atoms with E-state index in [2.05, 4.69) is 31.3 Å². The number of para-hydroxylation sites is 3. The number of nitrogens with one attached hydrogen (secondary N) is 2. The van der Waals surface area contributed by atoms with Gasteiger partial charge in [0.05, 0.1) is 19.3 Å². The molecule has 1 aliphatic heterocycles. The van der Waals surface area contributed by atoms with E-state index >= 15 is 0 Å². The molecule has 0 amide bonds. The molecule has 6 nitrogen and oxygen atoms in total. The second-order valence-electron chi connectivity index (χ2n) is 6.93. The van der Waals surface area contributed by atoms with Crippen LogP contribution in [0.1, 0.15) is 18.9 Å². The first-order valence-electron chi connectivity index (χ1n) is 10.1. The van der Waals surface area contributed by atoms with Crippen LogP contribution in [0.15, 0.2) is 53.5 Å². The molecule has 30 heavy (non-hydrogen) atoms. The quantitative estimate of drug-likeness (QED) is 0.507. The molecule has 162 valence electrons. The second kappa shape index (κ2) is 10.7. The number of ether oxygens (including phenoxy) is 2. The Morgan fingerprint density at radius 1 is 1.17 bits per heavy atom. The van der Waals surface area contributed by atoms with Crippen LogP contribution >= 0.6 is 0 Å². The van der Waals surface area contributed by atoms with Crippen molar-refractivity contribution in [1.82, 2.24) is 10.6 Å². The van der Waals surface area contributed by atoms with Gasteiger partial charge in [-0.25, -0.2) is 4.99 Å². The summed E-state index contributed by atoms with van der Waals surface area (Å²) >= 11 is 0. The van der Waals surface area contributed by atoms with E-state index in [0.29, 0.717) is 18.1 Å². The Kier molecular flexibility index (Phi) is 7.70. The van der Waals surface area contributed by atoms with Gasteiger partial charge in [-0.05, 0) is 31.5 Å². The number of guanidine groups is 1. The van der Waals surface area contributed by atoms with Crippen LogP contribution in [0, 0.1) is 0 Å². The number of methoxy groups -OCH3 is 1. The zero-order valence-electron chi connectivity index (χ0n) is 17.3. The molecule has 0 bridgehead atoms. The number of nitrogens with zero attached hydrogens (tertiary/aromatic N) is 2. The Hall–Kier alpha value is -3.03. The summed E-state index contributed by atoms with van der Waals surface area (Å²) < 4.78 is 35.3. The predicted molar refractivity (Wildman–Crippen MR) is 115 cm³/mol. The van der Waals surface area contributed by atoms with Gasteiger partial charge in [-0.2, -0.15) is 8.78 Å². The molecule has 0 aromatic heterocycles. The van der Waals surface area contributed by atoms with Gasteiger partial charge in [-0.1, -0.05) is 30.3 Å². The lowest BCUT2D eigenvalue weighted by Gasteiger charge is -2.22. The van der Waals surface area contributed by atoms with E-state index in [1.807, 2.05) is 25.1 Å². The van der Waals surface area contributed by atoms with E-state index < -0.39 is 6.61 Å². The Labute approximate surface area is 175 Å². The minimum Gasteiger partial charge on any atom is -0.495 e. The van der Waals surface area contributed by atoms with Crippen molar-refractivity contribution in [2.45, 2.75) is 32.5 Å². The molecular weight excluding hydrogens is 390 g/mol. The van der Waals surface area contributed by atoms with Gasteiger partial charge in [0.1, 0.15) is 11.5 Å². The zero-order chi connectivity index (χ0) is 21.3. The highest BCUT2D eigenvalue weighted by Gasteiger charge is 2.25. The number of benzene rings is 2. The zero-order valence-corrected chi connectivity index (χ0v) is 17.3. The highest BCUT2D eigenvalue weighted by atomic mass is 19.3. The Morgan fingerprint density at radius 3 is 2.63 bits per heavy atom. The standard InChI is InChI=1S/C22H28F2N4O2/c1-3-25-22(26-14-16-8-4-6-10-19(16)30-21(23)24)27-17-12-13-28(15-17)18-9-5-7-11-20(18)29-2/h4-11,17,21H,3,12-15H2,1-2H3,(H2,25,26,27). The number of hydrogen-bond donors (Lipinski definition) is 2. The van der Waals surface area contributed by atoms with Crippen LogP contribution in [-0.4, -0.2) is 45.4 Å². The number of alkyl halides is 2. The smallest absolute Gasteiger partial charge is 0.387 e. The molecule has 2 aromatic carbocycles. The van der Waals surface area contributed by atoms with Crippen molar-refractivity contribution in [3.05, 3.63) is 54.1 Å². The lowest BCUT2D eigenvalue weighted by molar-refractivity contribution is -0.0504. The van der Waals surface area contributed by atoms with Gasteiger partial charge in [0.15, 0.2) is 5.96 Å². The number of rotatable bonds is 8. The number of anilines is 1. The summed E-state index contributed by atoms with van der Waals surface area (Å²) in [5.74, 6) is 1.65. The minimum atomic E-state index is -2.86. The highest BCUT2D eigenvalue weighted by Crippen LogP contribution is 2.30. The van der Waals surface area contributed by atoms with Crippen LogP contribution in [0.3, 0.4) is 0 Å². The summed E-state index contributed by atoms with van der Waals surface area (Å²) in [6, 6.07) is 14.9. The summed E-state index contributed by atoms with van der Waals surface area (Å²) in [5, 5.41) is 6.68. The van der Waals surface area contributed by atoms with E-state index in [1.54, 1.807) is 25.3 Å². The molecule has 1 heterocycles. The first kappa shape index (κ1) is 21.7. The van der Waals surface area contributed by atoms with Gasteiger partial charge in [-0.15, -0.1) is 0 Å². The fourth-order valence-electron chi connectivity index (χ4n) is 3.51. The van der Waals surface area contributed by atoms with Crippen molar-refractivity contribution in [3.8, 4) is 11.5 Å². The Balaban J connectivity index is 1.65. The molecule has 0 saturated carbocycles. The molecule has 0 aliphatic carbocycles. The van der Waals surface area contributed by atoms with Gasteiger partial charge in [0.2, 0.25) is 0 Å². The van der Waals surface area contributed by atoms with Gasteiger partial charge < -0.3 is 25.0 Å². The lowest BCUT2D eigenvalue weighted by Crippen LogP contribution is -2.44. The molecule has 1 atom stereocenters. The fourth-order valence-corrected chi connectivity index (χ4v) is 3.51. The Morgan fingerprint density at radius 2 is 1.90 bits per heavy atom. The molecule has 1 saturated heterocycles. The summed E-state index contributed by atoms with van der Waals surface area (Å²) in [5.41, 5.74) is 1.68. The molecule has 0 spiro atoms. The monoisotopic (exact) mass is 418 g/mol. The van der Waals surface area contributed by atoms with Crippen LogP contribution in [0.4, 0.5) is 14.5 Å². The predicted octanol–water partition coefficient (Wildman–Crippen LogP) is 3.63. The number of aliphatic imine (C=N–C) groups is 1. The topological polar surface area (TPSA) is 58.1 Å². The van der Waals surface area contributed by atoms with Crippen molar-refractivity contribution < 1.29 is 18.3 Å². The van der Waals surface area contributed by atoms with Crippen LogP contribution in [0.2, 0.25) is 0 Å². The van der Waals surface area contributed by atoms with Gasteiger partial charge in [0.25, 0.3) is 0 Å². The Bertz CT molecular complexity index is 847. The molecule has 1 aliphatic rings. The first-order valence-corrected chi connectivity index (χ1v) is 10.1. The van der Waals surface area contributed by atoms with Crippen molar-refractivity contribution in [2.24, 2.45) is 4.99 Å². The maximum Gasteiger partial charge on any atom is 0.387 e. The third-order valence-electron chi connectivity index (χ3n) is 4.90. The number of halogens is 2. The van der Waals surface area contributed by atoms with Crippen LogP contribution < -0.4 is 25.0 Å². The van der Waals surface area contributed by atoms with Crippen molar-refractivity contribution in [2.75, 3.05) is 31.6 Å². The molecule has 2 aromatic rings. The second-order valence-corrected chi connectivity index (χ2v) is 6.93. The van der Waals surface area contributed by atoms with Crippen LogP contribution in [0.25, 0.3) is 0 Å². The first-order chi connectivity index (χ1) is 14.6. The molecule has 8 heteroatoms. The fraction of sp³-hybridized carbons (Fsp3) is 0.409. The van der Waals surface area contributed by atoms with E-state index in [1.165, 1.54) is 6.07 Å². The molecular formula is C22H28F2N4O2. The highest BCUT2D eigenvalue weighted by molar-refractivity contribution is 5.80. The van der Waals surface area contributed by atoms with E-state index in [0.717, 1.165) is 30.9 Å². The van der Waals surface area contributed by atoms with Crippen molar-refractivity contribution >= 4 is 11.6 Å². The normalized spacial score (nSPS) is 16.6. The van der Waals surface area contributed by atoms with Crippen LogP contribution in [-0.2, 0) is 6.54 Å². The summed E-state index contributed by atoms with van der Waals surface area (Å²) in [4.78, 5) is 6.86. The SMILES string of the molecule is CCNC(=NCc1ccccc1OC(F)F)NC1CCN(c2ccccc2OC)C1. The average Bonchev–Trinajstić information content (AvgIpc) is 3.21. The van der Waals surface area contributed by atoms with Crippen molar-refractivity contribution in [3.63, 3.8) is 0 Å². The summed E-state index contributed by atoms with van der Waals surface area (Å²) in [7, 11) is 1.68. The van der Waals surface area contributed by atoms with Crippen molar-refractivity contribution in [1.29, 1.82) is 0 Å². The third kappa shape index (κ3) is 5.75. The van der Waals surface area contributed by atoms with Gasteiger partial charge >= 0.3 is 6.61 Å². The maximum absolute atomic E-state index is 12.6. The van der Waals surface area contributed by atoms with E-state index in [-0.39, 0.29) is 18.3 Å². The van der Waals surface area contributed by atoms with E-state index in [4.69, 9.17) is 4.74 Å². The average molecular weight is 418 g/mol. The molecule has 3 rings (SSSR count). The lowest BCUT2D eigenvalue weighted by atomic mass is 10.2. The molecule has 1 unspecified atom stereocenters. The summed E-state index contributed by atoms with van der Waals surface area (Å²) in [6.07, 6.45) is 0.952. The van der Waals surface area contributed by atoms with E-state index in [9.17, 15) is 8.78 Å². The maximum atomic E-state index is 12.6. The largest absolute Gasteiger partial charge is 0.495 e. The molecule has 2 N–H and O–H groups in total. The van der Waals surface area contributed by atoms with Gasteiger partial charge in [-0.3, -0.25) is 0 Å². The van der Waals surface area contributed by atoms with Gasteiger partial charge in [0, 0.05) is 31.2 Å². The minimum absolute atomic E-state index is 0.148. The number of hydrogen-bond acceptors (Lipinski definition) is 4.